The SMILES string of the molecule is Cc1cccc(-n2c(S[C@H](C)c3nc(C(C)C)no3)nc3ccccc3c2=O)c1C. The normalized spacial score (nSPS) is 12.6. The van der Waals surface area contributed by atoms with E-state index in [1.807, 2.05) is 77.1 Å². The summed E-state index contributed by atoms with van der Waals surface area (Å²) < 4.78 is 7.17. The van der Waals surface area contributed by atoms with E-state index in [2.05, 4.69) is 10.1 Å². The lowest BCUT2D eigenvalue weighted by Gasteiger charge is -2.17. The van der Waals surface area contributed by atoms with Gasteiger partial charge in [0, 0.05) is 5.92 Å². The summed E-state index contributed by atoms with van der Waals surface area (Å²) in [6, 6.07) is 13.4. The quantitative estimate of drug-likeness (QED) is 0.319. The Hall–Kier alpha value is -2.93. The van der Waals surface area contributed by atoms with Crippen LogP contribution >= 0.6 is 11.8 Å². The van der Waals surface area contributed by atoms with Gasteiger partial charge in [0.2, 0.25) is 5.89 Å². The molecule has 7 heteroatoms. The second-order valence-corrected chi connectivity index (χ2v) is 8.98. The third kappa shape index (κ3) is 3.65. The number of para-hydroxylation sites is 1. The summed E-state index contributed by atoms with van der Waals surface area (Å²) >= 11 is 1.44. The highest BCUT2D eigenvalue weighted by atomic mass is 32.2. The van der Waals surface area contributed by atoms with Crippen molar-refractivity contribution >= 4 is 22.7 Å². The fraction of sp³-hybridized carbons (Fsp3) is 0.304. The van der Waals surface area contributed by atoms with Crippen LogP contribution < -0.4 is 5.56 Å². The van der Waals surface area contributed by atoms with Crippen LogP contribution in [0.15, 0.2) is 56.9 Å². The van der Waals surface area contributed by atoms with Crippen molar-refractivity contribution in [3.8, 4) is 5.69 Å². The second kappa shape index (κ2) is 8.07. The highest BCUT2D eigenvalue weighted by molar-refractivity contribution is 7.99. The number of benzene rings is 2. The maximum Gasteiger partial charge on any atom is 0.266 e. The van der Waals surface area contributed by atoms with Crippen LogP contribution in [0.3, 0.4) is 0 Å². The molecule has 0 saturated carbocycles. The van der Waals surface area contributed by atoms with E-state index in [0.29, 0.717) is 27.8 Å². The summed E-state index contributed by atoms with van der Waals surface area (Å²) in [6.07, 6.45) is 0. The molecule has 2 aromatic carbocycles. The monoisotopic (exact) mass is 420 g/mol. The van der Waals surface area contributed by atoms with E-state index >= 15 is 0 Å². The van der Waals surface area contributed by atoms with Crippen molar-refractivity contribution in [1.82, 2.24) is 19.7 Å². The van der Waals surface area contributed by atoms with Crippen LogP contribution in [-0.2, 0) is 0 Å². The lowest BCUT2D eigenvalue weighted by Crippen LogP contribution is -2.23. The minimum absolute atomic E-state index is 0.0857. The Kier molecular flexibility index (Phi) is 5.47. The summed E-state index contributed by atoms with van der Waals surface area (Å²) in [5.41, 5.74) is 3.59. The van der Waals surface area contributed by atoms with Gasteiger partial charge in [0.1, 0.15) is 0 Å². The standard InChI is InChI=1S/C23H24N4O2S/c1-13(2)20-25-21(29-26-20)16(5)30-23-24-18-11-7-6-10-17(18)22(28)27(23)19-12-8-9-14(3)15(19)4/h6-13,16H,1-5H3/t16-/m1/s1. The average molecular weight is 421 g/mol. The van der Waals surface area contributed by atoms with Crippen molar-refractivity contribution in [3.63, 3.8) is 0 Å². The molecule has 0 amide bonds. The molecule has 154 valence electrons. The first kappa shape index (κ1) is 20.3. The zero-order valence-corrected chi connectivity index (χ0v) is 18.5. The molecule has 0 fully saturated rings. The van der Waals surface area contributed by atoms with Crippen molar-refractivity contribution in [2.45, 2.75) is 50.9 Å². The molecule has 4 aromatic rings. The molecule has 0 bridgehead atoms. The molecule has 30 heavy (non-hydrogen) atoms. The Morgan fingerprint density at radius 3 is 2.50 bits per heavy atom. The number of hydrogen-bond donors (Lipinski definition) is 0. The predicted octanol–water partition coefficient (Wildman–Crippen LogP) is 5.36. The second-order valence-electron chi connectivity index (χ2n) is 7.68. The molecule has 4 rings (SSSR count). The van der Waals surface area contributed by atoms with Gasteiger partial charge >= 0.3 is 0 Å². The number of hydrogen-bond acceptors (Lipinski definition) is 6. The Labute approximate surface area is 179 Å². The molecule has 0 unspecified atom stereocenters. The van der Waals surface area contributed by atoms with Gasteiger partial charge in [0.05, 0.1) is 21.8 Å². The predicted molar refractivity (Wildman–Crippen MR) is 119 cm³/mol. The fourth-order valence-corrected chi connectivity index (χ4v) is 4.19. The van der Waals surface area contributed by atoms with Crippen LogP contribution in [-0.4, -0.2) is 19.7 Å². The Balaban J connectivity index is 1.87. The zero-order chi connectivity index (χ0) is 21.4. The van der Waals surface area contributed by atoms with Gasteiger partial charge in [-0.2, -0.15) is 4.98 Å². The minimum atomic E-state index is -0.158. The Morgan fingerprint density at radius 1 is 1.00 bits per heavy atom. The van der Waals surface area contributed by atoms with Gasteiger partial charge in [-0.05, 0) is 50.1 Å². The number of aromatic nitrogens is 4. The Bertz CT molecular complexity index is 1280. The minimum Gasteiger partial charge on any atom is -0.338 e. The lowest BCUT2D eigenvalue weighted by molar-refractivity contribution is 0.373. The molecule has 0 aliphatic heterocycles. The largest absolute Gasteiger partial charge is 0.338 e. The number of fused-ring (bicyclic) bond motifs is 1. The van der Waals surface area contributed by atoms with Gasteiger partial charge in [-0.25, -0.2) is 4.98 Å². The number of rotatable bonds is 5. The smallest absolute Gasteiger partial charge is 0.266 e. The van der Waals surface area contributed by atoms with E-state index in [4.69, 9.17) is 9.51 Å². The van der Waals surface area contributed by atoms with Gasteiger partial charge in [0.25, 0.3) is 5.56 Å². The van der Waals surface area contributed by atoms with E-state index in [-0.39, 0.29) is 16.7 Å². The molecule has 6 nitrogen and oxygen atoms in total. The first-order chi connectivity index (χ1) is 14.4. The third-order valence-corrected chi connectivity index (χ3v) is 6.21. The molecule has 0 aliphatic rings. The topological polar surface area (TPSA) is 73.8 Å². The van der Waals surface area contributed by atoms with Crippen LogP contribution in [0.1, 0.15) is 54.8 Å². The molecule has 2 heterocycles. The van der Waals surface area contributed by atoms with Crippen molar-refractivity contribution < 1.29 is 4.52 Å². The molecule has 0 aliphatic carbocycles. The first-order valence-electron chi connectivity index (χ1n) is 9.95. The van der Waals surface area contributed by atoms with E-state index in [1.165, 1.54) is 11.8 Å². The molecule has 0 radical (unpaired) electrons. The van der Waals surface area contributed by atoms with E-state index in [9.17, 15) is 4.79 Å². The molecule has 0 N–H and O–H groups in total. The van der Waals surface area contributed by atoms with Gasteiger partial charge < -0.3 is 4.52 Å². The molecule has 1 atom stereocenters. The van der Waals surface area contributed by atoms with Crippen LogP contribution in [0.2, 0.25) is 0 Å². The first-order valence-corrected chi connectivity index (χ1v) is 10.8. The van der Waals surface area contributed by atoms with Crippen molar-refractivity contribution in [3.05, 3.63) is 75.7 Å². The van der Waals surface area contributed by atoms with Crippen LogP contribution in [0.4, 0.5) is 0 Å². The summed E-state index contributed by atoms with van der Waals surface area (Å²) in [6.45, 7) is 10.1. The van der Waals surface area contributed by atoms with Gasteiger partial charge in [-0.15, -0.1) is 0 Å². The van der Waals surface area contributed by atoms with Gasteiger partial charge in [0.15, 0.2) is 11.0 Å². The fourth-order valence-electron chi connectivity index (χ4n) is 3.24. The lowest BCUT2D eigenvalue weighted by atomic mass is 10.1. The number of thioether (sulfide) groups is 1. The molecule has 0 saturated heterocycles. The maximum atomic E-state index is 13.5. The summed E-state index contributed by atoms with van der Waals surface area (Å²) in [5.74, 6) is 1.39. The van der Waals surface area contributed by atoms with Crippen molar-refractivity contribution in [1.29, 1.82) is 0 Å². The molecule has 0 spiro atoms. The average Bonchev–Trinajstić information content (AvgIpc) is 3.22. The van der Waals surface area contributed by atoms with Crippen LogP contribution in [0.25, 0.3) is 16.6 Å². The van der Waals surface area contributed by atoms with E-state index in [0.717, 1.165) is 16.8 Å². The number of aryl methyl sites for hydroxylation is 1. The van der Waals surface area contributed by atoms with E-state index < -0.39 is 0 Å². The third-order valence-electron chi connectivity index (χ3n) is 5.17. The Morgan fingerprint density at radius 2 is 1.77 bits per heavy atom. The summed E-state index contributed by atoms with van der Waals surface area (Å²) in [5, 5.41) is 5.10. The highest BCUT2D eigenvalue weighted by Crippen LogP contribution is 2.35. The molecular weight excluding hydrogens is 396 g/mol. The highest BCUT2D eigenvalue weighted by Gasteiger charge is 2.22. The maximum absolute atomic E-state index is 13.5. The summed E-state index contributed by atoms with van der Waals surface area (Å²) in [7, 11) is 0. The van der Waals surface area contributed by atoms with Crippen LogP contribution in [0, 0.1) is 13.8 Å². The van der Waals surface area contributed by atoms with Crippen molar-refractivity contribution in [2.75, 3.05) is 0 Å². The van der Waals surface area contributed by atoms with Gasteiger partial charge in [-0.1, -0.05) is 55.0 Å². The van der Waals surface area contributed by atoms with Gasteiger partial charge in [-0.3, -0.25) is 9.36 Å². The molecular formula is C23H24N4O2S. The number of nitrogens with zero attached hydrogens (tertiary/aromatic N) is 4. The zero-order valence-electron chi connectivity index (χ0n) is 17.7. The van der Waals surface area contributed by atoms with Crippen molar-refractivity contribution in [2.24, 2.45) is 0 Å². The molecule has 2 aromatic heterocycles. The van der Waals surface area contributed by atoms with E-state index in [1.54, 1.807) is 4.57 Å². The summed E-state index contributed by atoms with van der Waals surface area (Å²) in [4.78, 5) is 22.8. The van der Waals surface area contributed by atoms with Crippen LogP contribution in [0.5, 0.6) is 0 Å².